The molecule has 186 valence electrons. The molecule has 0 N–H and O–H groups in total. The third kappa shape index (κ3) is 8.41. The first-order valence-corrected chi connectivity index (χ1v) is 11.7. The van der Waals surface area contributed by atoms with Crippen molar-refractivity contribution in [1.82, 2.24) is 0 Å². The van der Waals surface area contributed by atoms with Crippen LogP contribution in [0.15, 0.2) is 73.3 Å². The first-order valence-electron chi connectivity index (χ1n) is 11.7. The molecule has 0 aliphatic heterocycles. The second-order valence-electron chi connectivity index (χ2n) is 9.46. The molecule has 2 aromatic carbocycles. The van der Waals surface area contributed by atoms with Crippen LogP contribution in [0.25, 0.3) is 0 Å². The van der Waals surface area contributed by atoms with Crippen molar-refractivity contribution >= 4 is 23.3 Å². The van der Waals surface area contributed by atoms with E-state index < -0.39 is 23.1 Å². The number of ketones is 3. The quantitative estimate of drug-likeness (QED) is 0.156. The SMILES string of the molecule is C=CC(=O)C(C)(C)OCCC(C)(C)OC(=O)CCC(C(=O)c1ccccc1)C(=O)c1ccccc1. The summed E-state index contributed by atoms with van der Waals surface area (Å²) < 4.78 is 11.3. The van der Waals surface area contributed by atoms with E-state index in [1.165, 1.54) is 6.08 Å². The number of ether oxygens (including phenoxy) is 2. The predicted octanol–water partition coefficient (Wildman–Crippen LogP) is 5.41. The summed E-state index contributed by atoms with van der Waals surface area (Å²) >= 11 is 0. The Morgan fingerprint density at radius 3 is 1.80 bits per heavy atom. The molecule has 0 fully saturated rings. The van der Waals surface area contributed by atoms with E-state index in [1.807, 2.05) is 0 Å². The molecular weight excluding hydrogens is 444 g/mol. The Morgan fingerprint density at radius 1 is 0.857 bits per heavy atom. The fraction of sp³-hybridized carbons (Fsp3) is 0.379. The van der Waals surface area contributed by atoms with E-state index in [-0.39, 0.29) is 36.8 Å². The van der Waals surface area contributed by atoms with Gasteiger partial charge in [-0.1, -0.05) is 67.2 Å². The number of carbonyl (C=O) groups is 4. The summed E-state index contributed by atoms with van der Waals surface area (Å²) in [5, 5.41) is 0. The first kappa shape index (κ1) is 27.9. The van der Waals surface area contributed by atoms with Crippen LogP contribution in [-0.2, 0) is 19.1 Å². The lowest BCUT2D eigenvalue weighted by Gasteiger charge is -2.28. The summed E-state index contributed by atoms with van der Waals surface area (Å²) in [6.45, 7) is 10.5. The fourth-order valence-corrected chi connectivity index (χ4v) is 3.53. The molecule has 35 heavy (non-hydrogen) atoms. The molecular formula is C29H34O6. The van der Waals surface area contributed by atoms with Gasteiger partial charge < -0.3 is 9.47 Å². The zero-order valence-electron chi connectivity index (χ0n) is 20.9. The Kier molecular flexibility index (Phi) is 9.84. The Morgan fingerprint density at radius 2 is 1.34 bits per heavy atom. The highest BCUT2D eigenvalue weighted by Gasteiger charge is 2.31. The summed E-state index contributed by atoms with van der Waals surface area (Å²) in [6.07, 6.45) is 1.53. The average molecular weight is 479 g/mol. The molecule has 2 rings (SSSR count). The monoisotopic (exact) mass is 478 g/mol. The Hall–Kier alpha value is -3.38. The Bertz CT molecular complexity index is 986. The molecule has 0 heterocycles. The van der Waals surface area contributed by atoms with Crippen LogP contribution in [0.5, 0.6) is 0 Å². The van der Waals surface area contributed by atoms with Gasteiger partial charge in [0.1, 0.15) is 11.2 Å². The summed E-state index contributed by atoms with van der Waals surface area (Å²) in [5.41, 5.74) is -1.02. The zero-order chi connectivity index (χ0) is 26.1. The van der Waals surface area contributed by atoms with Crippen molar-refractivity contribution in [1.29, 1.82) is 0 Å². The predicted molar refractivity (Wildman–Crippen MR) is 134 cm³/mol. The maximum Gasteiger partial charge on any atom is 0.306 e. The van der Waals surface area contributed by atoms with Gasteiger partial charge in [0.15, 0.2) is 17.3 Å². The average Bonchev–Trinajstić information content (AvgIpc) is 2.83. The van der Waals surface area contributed by atoms with E-state index >= 15 is 0 Å². The molecule has 0 unspecified atom stereocenters. The van der Waals surface area contributed by atoms with Gasteiger partial charge >= 0.3 is 5.97 Å². The number of hydrogen-bond donors (Lipinski definition) is 0. The van der Waals surface area contributed by atoms with Crippen LogP contribution in [0.4, 0.5) is 0 Å². The van der Waals surface area contributed by atoms with Gasteiger partial charge in [-0.3, -0.25) is 19.2 Å². The van der Waals surface area contributed by atoms with Crippen LogP contribution in [-0.4, -0.2) is 41.1 Å². The second kappa shape index (κ2) is 12.4. The lowest BCUT2D eigenvalue weighted by atomic mass is 9.86. The van der Waals surface area contributed by atoms with Gasteiger partial charge in [0, 0.05) is 24.0 Å². The van der Waals surface area contributed by atoms with E-state index in [0.29, 0.717) is 17.5 Å². The molecule has 0 aliphatic rings. The number of hydrogen-bond acceptors (Lipinski definition) is 6. The lowest BCUT2D eigenvalue weighted by Crippen LogP contribution is -2.36. The summed E-state index contributed by atoms with van der Waals surface area (Å²) in [6, 6.07) is 17.2. The molecule has 6 heteroatoms. The van der Waals surface area contributed by atoms with E-state index in [1.54, 1.807) is 88.4 Å². The largest absolute Gasteiger partial charge is 0.460 e. The third-order valence-corrected chi connectivity index (χ3v) is 5.72. The van der Waals surface area contributed by atoms with Crippen LogP contribution >= 0.6 is 0 Å². The minimum atomic E-state index is -1.01. The summed E-state index contributed by atoms with van der Waals surface area (Å²) in [7, 11) is 0. The standard InChI is InChI=1S/C29H34O6/c1-6-24(30)29(4,5)34-20-19-28(2,3)35-25(31)18-17-23(26(32)21-13-9-7-10-14-21)27(33)22-15-11-8-12-16-22/h6-16,23H,1,17-20H2,2-5H3. The molecule has 0 aliphatic carbocycles. The maximum atomic E-state index is 13.1. The Balaban J connectivity index is 2.02. The highest BCUT2D eigenvalue weighted by molar-refractivity contribution is 6.16. The molecule has 0 saturated carbocycles. The van der Waals surface area contributed by atoms with E-state index in [0.717, 1.165) is 0 Å². The van der Waals surface area contributed by atoms with Crippen molar-refractivity contribution in [3.63, 3.8) is 0 Å². The zero-order valence-corrected chi connectivity index (χ0v) is 20.9. The minimum absolute atomic E-state index is 0.0355. The summed E-state index contributed by atoms with van der Waals surface area (Å²) in [4.78, 5) is 50.8. The van der Waals surface area contributed by atoms with E-state index in [2.05, 4.69) is 6.58 Å². The van der Waals surface area contributed by atoms with Crippen molar-refractivity contribution < 1.29 is 28.7 Å². The van der Waals surface area contributed by atoms with Gasteiger partial charge in [-0.2, -0.15) is 0 Å². The van der Waals surface area contributed by atoms with Crippen molar-refractivity contribution in [2.75, 3.05) is 6.61 Å². The molecule has 6 nitrogen and oxygen atoms in total. The van der Waals surface area contributed by atoms with Gasteiger partial charge in [0.25, 0.3) is 0 Å². The second-order valence-corrected chi connectivity index (χ2v) is 9.46. The van der Waals surface area contributed by atoms with Crippen molar-refractivity contribution in [3.8, 4) is 0 Å². The number of rotatable bonds is 14. The van der Waals surface area contributed by atoms with E-state index in [4.69, 9.17) is 9.47 Å². The van der Waals surface area contributed by atoms with Gasteiger partial charge in [0.2, 0.25) is 0 Å². The van der Waals surface area contributed by atoms with Crippen LogP contribution in [0.3, 0.4) is 0 Å². The smallest absolute Gasteiger partial charge is 0.306 e. The molecule has 0 aromatic heterocycles. The van der Waals surface area contributed by atoms with E-state index in [9.17, 15) is 19.2 Å². The van der Waals surface area contributed by atoms with Gasteiger partial charge in [0.05, 0.1) is 12.5 Å². The van der Waals surface area contributed by atoms with Crippen LogP contribution in [0.1, 0.15) is 67.7 Å². The highest BCUT2D eigenvalue weighted by atomic mass is 16.6. The van der Waals surface area contributed by atoms with Gasteiger partial charge in [-0.15, -0.1) is 0 Å². The molecule has 0 amide bonds. The Labute approximate surface area is 207 Å². The molecule has 0 atom stereocenters. The fourth-order valence-electron chi connectivity index (χ4n) is 3.53. The van der Waals surface area contributed by atoms with Crippen molar-refractivity contribution in [2.24, 2.45) is 5.92 Å². The van der Waals surface area contributed by atoms with Crippen LogP contribution < -0.4 is 0 Å². The normalized spacial score (nSPS) is 11.7. The molecule has 0 bridgehead atoms. The topological polar surface area (TPSA) is 86.7 Å². The third-order valence-electron chi connectivity index (χ3n) is 5.72. The molecule has 0 radical (unpaired) electrons. The molecule has 0 spiro atoms. The van der Waals surface area contributed by atoms with Crippen molar-refractivity contribution in [3.05, 3.63) is 84.4 Å². The number of esters is 1. The first-order chi connectivity index (χ1) is 16.5. The minimum Gasteiger partial charge on any atom is -0.460 e. The summed E-state index contributed by atoms with van der Waals surface area (Å²) in [5.74, 6) is -2.39. The van der Waals surface area contributed by atoms with Gasteiger partial charge in [-0.25, -0.2) is 0 Å². The number of benzene rings is 2. The van der Waals surface area contributed by atoms with Crippen LogP contribution in [0.2, 0.25) is 0 Å². The number of Topliss-reactive ketones (excluding diaryl/α,β-unsaturated/α-hetero) is 2. The highest BCUT2D eigenvalue weighted by Crippen LogP contribution is 2.23. The molecule has 2 aromatic rings. The maximum absolute atomic E-state index is 13.1. The van der Waals surface area contributed by atoms with Gasteiger partial charge in [-0.05, 0) is 40.2 Å². The lowest BCUT2D eigenvalue weighted by molar-refractivity contribution is -0.160. The molecule has 0 saturated heterocycles. The van der Waals surface area contributed by atoms with Crippen LogP contribution in [0, 0.1) is 5.92 Å². The number of carbonyl (C=O) groups excluding carboxylic acids is 4. The van der Waals surface area contributed by atoms with Crippen molar-refractivity contribution in [2.45, 2.75) is 58.2 Å².